The Morgan fingerprint density at radius 3 is 2.21 bits per heavy atom. The summed E-state index contributed by atoms with van der Waals surface area (Å²) in [6.45, 7) is 2.23. The molecule has 2 nitrogen and oxygen atoms in total. The molecule has 2 saturated carbocycles. The van der Waals surface area contributed by atoms with E-state index in [4.69, 9.17) is 5.73 Å². The molecule has 1 saturated heterocycles. The van der Waals surface area contributed by atoms with Gasteiger partial charge in [-0.3, -0.25) is 4.90 Å². The van der Waals surface area contributed by atoms with Gasteiger partial charge in [0.2, 0.25) is 0 Å². The zero-order chi connectivity index (χ0) is 13.1. The minimum Gasteiger partial charge on any atom is -0.329 e. The second-order valence-corrected chi connectivity index (χ2v) is 7.19. The van der Waals surface area contributed by atoms with Crippen molar-refractivity contribution in [2.24, 2.45) is 17.6 Å². The summed E-state index contributed by atoms with van der Waals surface area (Å²) in [5, 5.41) is 0. The summed E-state index contributed by atoms with van der Waals surface area (Å²) in [6.07, 6.45) is 16.0. The second kappa shape index (κ2) is 6.58. The SMILES string of the molecule is NCC(C1CCCCC1)N1CCCC1C1CCCC1. The zero-order valence-electron chi connectivity index (χ0n) is 12.5. The van der Waals surface area contributed by atoms with E-state index >= 15 is 0 Å². The molecule has 2 heteroatoms. The number of nitrogens with two attached hydrogens (primary N) is 1. The quantitative estimate of drug-likeness (QED) is 0.841. The van der Waals surface area contributed by atoms with Gasteiger partial charge in [0.25, 0.3) is 0 Å². The van der Waals surface area contributed by atoms with E-state index < -0.39 is 0 Å². The number of likely N-dealkylation sites (tertiary alicyclic amines) is 1. The van der Waals surface area contributed by atoms with Crippen LogP contribution in [-0.2, 0) is 0 Å². The van der Waals surface area contributed by atoms with Gasteiger partial charge in [-0.15, -0.1) is 0 Å². The lowest BCUT2D eigenvalue weighted by atomic mass is 9.82. The van der Waals surface area contributed by atoms with E-state index in [-0.39, 0.29) is 0 Å². The summed E-state index contributed by atoms with van der Waals surface area (Å²) in [4.78, 5) is 2.87. The van der Waals surface area contributed by atoms with Crippen molar-refractivity contribution in [2.45, 2.75) is 82.7 Å². The average Bonchev–Trinajstić information content (AvgIpc) is 3.11. The van der Waals surface area contributed by atoms with E-state index in [1.54, 1.807) is 0 Å². The molecule has 2 N–H and O–H groups in total. The molecule has 0 radical (unpaired) electrons. The molecule has 2 aliphatic carbocycles. The Labute approximate surface area is 119 Å². The molecule has 3 rings (SSSR count). The van der Waals surface area contributed by atoms with Crippen LogP contribution in [0.2, 0.25) is 0 Å². The van der Waals surface area contributed by atoms with Crippen LogP contribution in [0.3, 0.4) is 0 Å². The number of rotatable bonds is 4. The molecule has 3 fully saturated rings. The maximum Gasteiger partial charge on any atom is 0.0249 e. The third kappa shape index (κ3) is 3.00. The summed E-state index contributed by atoms with van der Waals surface area (Å²) in [6, 6.07) is 1.59. The van der Waals surface area contributed by atoms with Crippen molar-refractivity contribution in [2.75, 3.05) is 13.1 Å². The van der Waals surface area contributed by atoms with Crippen molar-refractivity contribution in [1.82, 2.24) is 4.90 Å². The van der Waals surface area contributed by atoms with Crippen LogP contribution in [-0.4, -0.2) is 30.1 Å². The van der Waals surface area contributed by atoms with Gasteiger partial charge in [0, 0.05) is 18.6 Å². The zero-order valence-corrected chi connectivity index (χ0v) is 12.5. The fourth-order valence-electron chi connectivity index (χ4n) is 5.19. The Bertz CT molecular complexity index is 266. The fraction of sp³-hybridized carbons (Fsp3) is 1.00. The third-order valence-corrected chi connectivity index (χ3v) is 6.15. The molecule has 110 valence electrons. The molecule has 0 amide bonds. The molecule has 3 aliphatic rings. The van der Waals surface area contributed by atoms with Gasteiger partial charge < -0.3 is 5.73 Å². The predicted octanol–water partition coefficient (Wildman–Crippen LogP) is 3.55. The Balaban J connectivity index is 1.66. The van der Waals surface area contributed by atoms with E-state index in [2.05, 4.69) is 4.90 Å². The van der Waals surface area contributed by atoms with Crippen molar-refractivity contribution >= 4 is 0 Å². The van der Waals surface area contributed by atoms with Crippen molar-refractivity contribution in [3.8, 4) is 0 Å². The van der Waals surface area contributed by atoms with Crippen LogP contribution < -0.4 is 5.73 Å². The lowest BCUT2D eigenvalue weighted by Crippen LogP contribution is -2.50. The predicted molar refractivity (Wildman–Crippen MR) is 81.1 cm³/mol. The van der Waals surface area contributed by atoms with E-state index in [1.807, 2.05) is 0 Å². The van der Waals surface area contributed by atoms with Gasteiger partial charge in [-0.25, -0.2) is 0 Å². The second-order valence-electron chi connectivity index (χ2n) is 7.19. The lowest BCUT2D eigenvalue weighted by molar-refractivity contribution is 0.0834. The molecule has 0 spiro atoms. The molecular formula is C17H32N2. The van der Waals surface area contributed by atoms with Gasteiger partial charge in [0.05, 0.1) is 0 Å². The topological polar surface area (TPSA) is 29.3 Å². The van der Waals surface area contributed by atoms with Crippen molar-refractivity contribution in [1.29, 1.82) is 0 Å². The molecule has 19 heavy (non-hydrogen) atoms. The minimum atomic E-state index is 0.702. The van der Waals surface area contributed by atoms with E-state index in [0.717, 1.165) is 24.4 Å². The standard InChI is InChI=1S/C17H32N2/c18-13-17(15-7-2-1-3-8-15)19-12-6-11-16(19)14-9-4-5-10-14/h14-17H,1-13,18H2. The van der Waals surface area contributed by atoms with Crippen LogP contribution in [0.25, 0.3) is 0 Å². The Morgan fingerprint density at radius 2 is 1.53 bits per heavy atom. The van der Waals surface area contributed by atoms with Crippen LogP contribution in [0.15, 0.2) is 0 Å². The summed E-state index contributed by atoms with van der Waals surface area (Å²) in [7, 11) is 0. The minimum absolute atomic E-state index is 0.702. The maximum atomic E-state index is 6.20. The molecule has 0 aromatic heterocycles. The van der Waals surface area contributed by atoms with Gasteiger partial charge in [-0.05, 0) is 56.9 Å². The highest BCUT2D eigenvalue weighted by molar-refractivity contribution is 4.93. The normalized spacial score (nSPS) is 33.0. The van der Waals surface area contributed by atoms with Gasteiger partial charge >= 0.3 is 0 Å². The first kappa shape index (κ1) is 13.9. The highest BCUT2D eigenvalue weighted by Gasteiger charge is 2.39. The van der Waals surface area contributed by atoms with Crippen LogP contribution in [0, 0.1) is 11.8 Å². The van der Waals surface area contributed by atoms with Gasteiger partial charge in [0.1, 0.15) is 0 Å². The fourth-order valence-corrected chi connectivity index (χ4v) is 5.19. The molecular weight excluding hydrogens is 232 g/mol. The average molecular weight is 264 g/mol. The molecule has 2 atom stereocenters. The van der Waals surface area contributed by atoms with Crippen LogP contribution in [0.4, 0.5) is 0 Å². The molecule has 0 aromatic carbocycles. The number of hydrogen-bond acceptors (Lipinski definition) is 2. The van der Waals surface area contributed by atoms with Crippen molar-refractivity contribution in [3.05, 3.63) is 0 Å². The summed E-state index contributed by atoms with van der Waals surface area (Å²) in [5.41, 5.74) is 6.20. The van der Waals surface area contributed by atoms with Gasteiger partial charge in [0.15, 0.2) is 0 Å². The largest absolute Gasteiger partial charge is 0.329 e. The molecule has 0 bridgehead atoms. The molecule has 1 aliphatic heterocycles. The molecule has 2 unspecified atom stereocenters. The Morgan fingerprint density at radius 1 is 0.842 bits per heavy atom. The number of hydrogen-bond donors (Lipinski definition) is 1. The van der Waals surface area contributed by atoms with Crippen LogP contribution in [0.5, 0.6) is 0 Å². The van der Waals surface area contributed by atoms with Crippen molar-refractivity contribution in [3.63, 3.8) is 0 Å². The highest BCUT2D eigenvalue weighted by Crippen LogP contribution is 2.39. The van der Waals surface area contributed by atoms with Gasteiger partial charge in [-0.2, -0.15) is 0 Å². The first-order valence-electron chi connectivity index (χ1n) is 8.86. The first-order chi connectivity index (χ1) is 9.40. The molecule has 0 aromatic rings. The Hall–Kier alpha value is -0.0800. The van der Waals surface area contributed by atoms with Gasteiger partial charge in [-0.1, -0.05) is 32.1 Å². The first-order valence-corrected chi connectivity index (χ1v) is 8.86. The van der Waals surface area contributed by atoms with Crippen molar-refractivity contribution < 1.29 is 0 Å². The summed E-state index contributed by atoms with van der Waals surface area (Å²) >= 11 is 0. The monoisotopic (exact) mass is 264 g/mol. The lowest BCUT2D eigenvalue weighted by Gasteiger charge is -2.41. The maximum absolute atomic E-state index is 6.20. The highest BCUT2D eigenvalue weighted by atomic mass is 15.2. The summed E-state index contributed by atoms with van der Waals surface area (Å²) in [5.74, 6) is 1.90. The number of nitrogens with zero attached hydrogens (tertiary/aromatic N) is 1. The molecule has 1 heterocycles. The van der Waals surface area contributed by atoms with E-state index in [0.29, 0.717) is 6.04 Å². The van der Waals surface area contributed by atoms with E-state index in [9.17, 15) is 0 Å². The summed E-state index contributed by atoms with van der Waals surface area (Å²) < 4.78 is 0. The Kier molecular flexibility index (Phi) is 4.81. The van der Waals surface area contributed by atoms with Crippen LogP contribution >= 0.6 is 0 Å². The van der Waals surface area contributed by atoms with E-state index in [1.165, 1.54) is 77.2 Å². The smallest absolute Gasteiger partial charge is 0.0249 e. The third-order valence-electron chi connectivity index (χ3n) is 6.15. The van der Waals surface area contributed by atoms with Crippen LogP contribution in [0.1, 0.15) is 70.6 Å².